The van der Waals surface area contributed by atoms with E-state index < -0.39 is 6.04 Å². The van der Waals surface area contributed by atoms with E-state index in [-0.39, 0.29) is 24.1 Å². The monoisotopic (exact) mass is 370 g/mol. The third-order valence-corrected chi connectivity index (χ3v) is 5.71. The van der Waals surface area contributed by atoms with Gasteiger partial charge in [0.25, 0.3) is 5.91 Å². The number of nitrogens with one attached hydrogen (secondary N) is 2. The molecular formula is C20H26N4O3. The van der Waals surface area contributed by atoms with Crippen molar-refractivity contribution in [2.75, 3.05) is 13.1 Å². The van der Waals surface area contributed by atoms with Crippen molar-refractivity contribution in [3.8, 4) is 0 Å². The predicted molar refractivity (Wildman–Crippen MR) is 99.8 cm³/mol. The Morgan fingerprint density at radius 3 is 2.56 bits per heavy atom. The van der Waals surface area contributed by atoms with Gasteiger partial charge in [-0.2, -0.15) is 0 Å². The van der Waals surface area contributed by atoms with Crippen LogP contribution in [0, 0.1) is 0 Å². The van der Waals surface area contributed by atoms with Crippen LogP contribution in [-0.2, 0) is 22.7 Å². The maximum Gasteiger partial charge on any atom is 0.255 e. The summed E-state index contributed by atoms with van der Waals surface area (Å²) >= 11 is 0. The van der Waals surface area contributed by atoms with Crippen LogP contribution in [0.25, 0.3) is 0 Å². The molecule has 0 bridgehead atoms. The third-order valence-electron chi connectivity index (χ3n) is 5.71. The number of hydrogen-bond donors (Lipinski definition) is 2. The number of benzene rings is 1. The van der Waals surface area contributed by atoms with Crippen LogP contribution >= 0.6 is 0 Å². The van der Waals surface area contributed by atoms with Crippen molar-refractivity contribution in [1.82, 2.24) is 20.4 Å². The molecule has 4 rings (SSSR count). The van der Waals surface area contributed by atoms with Crippen molar-refractivity contribution in [3.63, 3.8) is 0 Å². The number of fused-ring (bicyclic) bond motifs is 1. The maximum atomic E-state index is 12.9. The highest BCUT2D eigenvalue weighted by atomic mass is 16.2. The zero-order valence-corrected chi connectivity index (χ0v) is 15.8. The normalized spacial score (nSPS) is 29.0. The van der Waals surface area contributed by atoms with E-state index in [0.717, 1.165) is 30.8 Å². The molecule has 0 saturated carbocycles. The lowest BCUT2D eigenvalue weighted by molar-refractivity contribution is -0.136. The van der Waals surface area contributed by atoms with Crippen LogP contribution in [0.4, 0.5) is 0 Å². The van der Waals surface area contributed by atoms with E-state index in [9.17, 15) is 14.4 Å². The SMILES string of the molecule is CC1CN(Cc2cccc3c2CN(C2CCC(=O)NC2=O)C3=O)CC(C)N1. The average molecular weight is 370 g/mol. The average Bonchev–Trinajstić information content (AvgIpc) is 2.92. The second-order valence-electron chi connectivity index (χ2n) is 8.01. The molecule has 1 aromatic rings. The van der Waals surface area contributed by atoms with E-state index >= 15 is 0 Å². The van der Waals surface area contributed by atoms with Gasteiger partial charge in [-0.1, -0.05) is 12.1 Å². The van der Waals surface area contributed by atoms with Crippen LogP contribution in [-0.4, -0.2) is 58.7 Å². The summed E-state index contributed by atoms with van der Waals surface area (Å²) < 4.78 is 0. The number of hydrogen-bond acceptors (Lipinski definition) is 5. The topological polar surface area (TPSA) is 81.8 Å². The number of carbonyl (C=O) groups excluding carboxylic acids is 3. The summed E-state index contributed by atoms with van der Waals surface area (Å²) in [7, 11) is 0. The first kappa shape index (κ1) is 18.1. The minimum atomic E-state index is -0.560. The third kappa shape index (κ3) is 3.49. The first-order valence-electron chi connectivity index (χ1n) is 9.66. The van der Waals surface area contributed by atoms with E-state index in [1.165, 1.54) is 0 Å². The molecule has 3 aliphatic rings. The van der Waals surface area contributed by atoms with Crippen molar-refractivity contribution in [3.05, 3.63) is 34.9 Å². The lowest BCUT2D eigenvalue weighted by Gasteiger charge is -2.36. The summed E-state index contributed by atoms with van der Waals surface area (Å²) in [6.07, 6.45) is 0.673. The molecule has 0 aromatic heterocycles. The quantitative estimate of drug-likeness (QED) is 0.763. The first-order chi connectivity index (χ1) is 12.9. The van der Waals surface area contributed by atoms with Crippen molar-refractivity contribution >= 4 is 17.7 Å². The Morgan fingerprint density at radius 2 is 1.85 bits per heavy atom. The number of piperidine rings is 1. The Labute approximate surface area is 159 Å². The smallest absolute Gasteiger partial charge is 0.255 e. The fourth-order valence-corrected chi connectivity index (χ4v) is 4.61. The highest BCUT2D eigenvalue weighted by molar-refractivity contribution is 6.05. The van der Waals surface area contributed by atoms with Crippen molar-refractivity contribution in [1.29, 1.82) is 0 Å². The molecule has 2 saturated heterocycles. The van der Waals surface area contributed by atoms with Gasteiger partial charge in [0, 0.05) is 50.2 Å². The van der Waals surface area contributed by atoms with Crippen LogP contribution in [0.1, 0.15) is 48.2 Å². The fourth-order valence-electron chi connectivity index (χ4n) is 4.61. The Morgan fingerprint density at radius 1 is 1.11 bits per heavy atom. The summed E-state index contributed by atoms with van der Waals surface area (Å²) in [6.45, 7) is 7.56. The van der Waals surface area contributed by atoms with Crippen LogP contribution in [0.3, 0.4) is 0 Å². The van der Waals surface area contributed by atoms with Gasteiger partial charge in [0.05, 0.1) is 0 Å². The number of piperazine rings is 1. The highest BCUT2D eigenvalue weighted by Crippen LogP contribution is 2.30. The maximum absolute atomic E-state index is 12.9. The molecule has 3 atom stereocenters. The van der Waals surface area contributed by atoms with Crippen LogP contribution in [0.15, 0.2) is 18.2 Å². The van der Waals surface area contributed by atoms with Gasteiger partial charge in [-0.3, -0.25) is 24.6 Å². The van der Waals surface area contributed by atoms with Crippen molar-refractivity contribution < 1.29 is 14.4 Å². The summed E-state index contributed by atoms with van der Waals surface area (Å²) in [6, 6.07) is 6.16. The van der Waals surface area contributed by atoms with Gasteiger partial charge in [-0.15, -0.1) is 0 Å². The van der Waals surface area contributed by atoms with E-state index in [2.05, 4.69) is 35.4 Å². The lowest BCUT2D eigenvalue weighted by Crippen LogP contribution is -2.53. The molecule has 3 aliphatic heterocycles. The van der Waals surface area contributed by atoms with E-state index in [0.29, 0.717) is 30.6 Å². The predicted octanol–water partition coefficient (Wildman–Crippen LogP) is 0.630. The van der Waals surface area contributed by atoms with Gasteiger partial charge in [-0.05, 0) is 37.5 Å². The summed E-state index contributed by atoms with van der Waals surface area (Å²) in [4.78, 5) is 40.6. The molecule has 2 fully saturated rings. The minimum Gasteiger partial charge on any atom is -0.322 e. The summed E-state index contributed by atoms with van der Waals surface area (Å²) in [5, 5.41) is 5.89. The zero-order chi connectivity index (χ0) is 19.1. The molecule has 0 aliphatic carbocycles. The largest absolute Gasteiger partial charge is 0.322 e. The van der Waals surface area contributed by atoms with E-state index in [1.807, 2.05) is 12.1 Å². The number of rotatable bonds is 3. The van der Waals surface area contributed by atoms with E-state index in [1.54, 1.807) is 4.90 Å². The van der Waals surface area contributed by atoms with Crippen LogP contribution in [0.5, 0.6) is 0 Å². The Kier molecular flexibility index (Phi) is 4.74. The molecule has 2 N–H and O–H groups in total. The van der Waals surface area contributed by atoms with Gasteiger partial charge in [0.2, 0.25) is 11.8 Å². The second kappa shape index (κ2) is 7.05. The molecule has 144 valence electrons. The minimum absolute atomic E-state index is 0.108. The number of carbonyl (C=O) groups is 3. The van der Waals surface area contributed by atoms with Crippen molar-refractivity contribution in [2.45, 2.75) is 57.9 Å². The molecule has 0 spiro atoms. The molecule has 7 heteroatoms. The van der Waals surface area contributed by atoms with Gasteiger partial charge in [0.1, 0.15) is 6.04 Å². The van der Waals surface area contributed by atoms with Crippen molar-refractivity contribution in [2.24, 2.45) is 0 Å². The highest BCUT2D eigenvalue weighted by Gasteiger charge is 2.39. The van der Waals surface area contributed by atoms with Gasteiger partial charge >= 0.3 is 0 Å². The molecular weight excluding hydrogens is 344 g/mol. The molecule has 27 heavy (non-hydrogen) atoms. The molecule has 3 amide bonds. The first-order valence-corrected chi connectivity index (χ1v) is 9.66. The molecule has 3 heterocycles. The van der Waals surface area contributed by atoms with Crippen LogP contribution < -0.4 is 10.6 Å². The van der Waals surface area contributed by atoms with Crippen LogP contribution in [0.2, 0.25) is 0 Å². The molecule has 0 radical (unpaired) electrons. The number of nitrogens with zero attached hydrogens (tertiary/aromatic N) is 2. The second-order valence-corrected chi connectivity index (χ2v) is 8.01. The number of imide groups is 1. The molecule has 7 nitrogen and oxygen atoms in total. The molecule has 1 aromatic carbocycles. The van der Waals surface area contributed by atoms with Gasteiger partial charge in [0.15, 0.2) is 0 Å². The Balaban J connectivity index is 1.54. The zero-order valence-electron chi connectivity index (χ0n) is 15.8. The van der Waals surface area contributed by atoms with Gasteiger partial charge in [-0.25, -0.2) is 0 Å². The lowest BCUT2D eigenvalue weighted by atomic mass is 10.0. The Hall–Kier alpha value is -2.25. The fraction of sp³-hybridized carbons (Fsp3) is 0.550. The van der Waals surface area contributed by atoms with E-state index in [4.69, 9.17) is 0 Å². The Bertz CT molecular complexity index is 783. The summed E-state index contributed by atoms with van der Waals surface area (Å²) in [5.41, 5.74) is 2.86. The number of amides is 3. The van der Waals surface area contributed by atoms with Gasteiger partial charge < -0.3 is 10.2 Å². The standard InChI is InChI=1S/C20H26N4O3/c1-12-8-23(9-13(2)21-12)10-14-4-3-5-15-16(14)11-24(20(15)27)17-6-7-18(25)22-19(17)26/h3-5,12-13,17,21H,6-11H2,1-2H3,(H,22,25,26). The molecule has 3 unspecified atom stereocenters. The summed E-state index contributed by atoms with van der Waals surface area (Å²) in [5.74, 6) is -0.731.